The molecule has 0 N–H and O–H groups in total. The highest BCUT2D eigenvalue weighted by Gasteiger charge is 2.18. The lowest BCUT2D eigenvalue weighted by atomic mass is 9.98. The molecule has 0 heterocycles. The van der Waals surface area contributed by atoms with E-state index >= 15 is 0 Å². The average molecular weight is 495 g/mol. The topological polar surface area (TPSA) is 105 Å². The maximum atomic E-state index is 11.6. The Morgan fingerprint density at radius 2 is 1.11 bits per heavy atom. The predicted molar refractivity (Wildman–Crippen MR) is 131 cm³/mol. The minimum absolute atomic E-state index is 0.0234. The molecule has 35 heavy (non-hydrogen) atoms. The van der Waals surface area contributed by atoms with E-state index in [0.717, 1.165) is 76.4 Å². The maximum Gasteiger partial charge on any atom is 0.331 e. The van der Waals surface area contributed by atoms with Crippen LogP contribution in [0.1, 0.15) is 97.8 Å². The monoisotopic (exact) mass is 494 g/mol. The third-order valence-corrected chi connectivity index (χ3v) is 5.48. The van der Waals surface area contributed by atoms with Gasteiger partial charge in [-0.1, -0.05) is 26.2 Å². The molecule has 0 amide bonds. The zero-order valence-electron chi connectivity index (χ0n) is 21.5. The highest BCUT2D eigenvalue weighted by molar-refractivity contribution is 5.92. The van der Waals surface area contributed by atoms with Crippen molar-refractivity contribution in [3.8, 4) is 0 Å². The molecule has 2 fully saturated rings. The number of ether oxygens (including phenoxy) is 4. The standard InChI is InChI=1S/C16H24O4.C11H18O4/c17-15(19-13-7-3-1-4-8-13)11-12-16(18)20-14-9-5-2-6-10-14;1-4-5-8-14-10(12)6-7-11(13)15-9(2)3/h11-14H,1-10H2;6-7,9H,4-5,8H2,1-3H3/b12-11+;7-6+. The fourth-order valence-electron chi connectivity index (χ4n) is 3.68. The van der Waals surface area contributed by atoms with Crippen molar-refractivity contribution in [3.05, 3.63) is 24.3 Å². The smallest absolute Gasteiger partial charge is 0.331 e. The summed E-state index contributed by atoms with van der Waals surface area (Å²) in [5.41, 5.74) is 0. The van der Waals surface area contributed by atoms with Gasteiger partial charge >= 0.3 is 23.9 Å². The van der Waals surface area contributed by atoms with Gasteiger partial charge in [-0.15, -0.1) is 0 Å². The molecule has 0 unspecified atom stereocenters. The first kappa shape index (κ1) is 30.4. The van der Waals surface area contributed by atoms with Gasteiger partial charge in [-0.3, -0.25) is 0 Å². The molecule has 0 aromatic rings. The predicted octanol–water partition coefficient (Wildman–Crippen LogP) is 5.13. The fourth-order valence-corrected chi connectivity index (χ4v) is 3.68. The van der Waals surface area contributed by atoms with Crippen LogP contribution in [0.4, 0.5) is 0 Å². The normalized spacial score (nSPS) is 17.0. The van der Waals surface area contributed by atoms with Crippen LogP contribution in [0.3, 0.4) is 0 Å². The number of hydrogen-bond acceptors (Lipinski definition) is 8. The van der Waals surface area contributed by atoms with Crippen LogP contribution in [0.15, 0.2) is 24.3 Å². The Bertz CT molecular complexity index is 664. The van der Waals surface area contributed by atoms with Gasteiger partial charge in [0.1, 0.15) is 12.2 Å². The Morgan fingerprint density at radius 1 is 0.686 bits per heavy atom. The molecule has 2 rings (SSSR count). The molecule has 0 saturated heterocycles. The van der Waals surface area contributed by atoms with E-state index in [1.54, 1.807) is 13.8 Å². The van der Waals surface area contributed by atoms with Crippen LogP contribution in [0.2, 0.25) is 0 Å². The van der Waals surface area contributed by atoms with Crippen LogP contribution in [-0.2, 0) is 38.1 Å². The van der Waals surface area contributed by atoms with Crippen LogP contribution in [0, 0.1) is 0 Å². The largest absolute Gasteiger partial charge is 0.463 e. The van der Waals surface area contributed by atoms with Crippen LogP contribution in [-0.4, -0.2) is 48.8 Å². The third-order valence-electron chi connectivity index (χ3n) is 5.48. The van der Waals surface area contributed by atoms with Gasteiger partial charge < -0.3 is 18.9 Å². The summed E-state index contributed by atoms with van der Waals surface area (Å²) in [5, 5.41) is 0. The number of esters is 4. The van der Waals surface area contributed by atoms with Crippen LogP contribution in [0.5, 0.6) is 0 Å². The Balaban J connectivity index is 0.000000367. The molecule has 2 aliphatic carbocycles. The lowest BCUT2D eigenvalue weighted by Crippen LogP contribution is -2.21. The van der Waals surface area contributed by atoms with Gasteiger partial charge in [0.2, 0.25) is 0 Å². The molecule has 2 saturated carbocycles. The highest BCUT2D eigenvalue weighted by atomic mass is 16.6. The zero-order chi connectivity index (χ0) is 25.9. The summed E-state index contributed by atoms with van der Waals surface area (Å²) in [6, 6.07) is 0. The highest BCUT2D eigenvalue weighted by Crippen LogP contribution is 2.21. The number of unbranched alkanes of at least 4 members (excludes halogenated alkanes) is 1. The molecule has 0 atom stereocenters. The minimum Gasteiger partial charge on any atom is -0.463 e. The number of hydrogen-bond donors (Lipinski definition) is 0. The van der Waals surface area contributed by atoms with Crippen molar-refractivity contribution in [1.29, 1.82) is 0 Å². The summed E-state index contributed by atoms with van der Waals surface area (Å²) in [6.07, 6.45) is 16.9. The Morgan fingerprint density at radius 3 is 1.54 bits per heavy atom. The number of rotatable bonds is 10. The first-order valence-corrected chi connectivity index (χ1v) is 12.9. The second-order valence-corrected chi connectivity index (χ2v) is 9.07. The molecule has 8 heteroatoms. The second kappa shape index (κ2) is 18.7. The van der Waals surface area contributed by atoms with E-state index < -0.39 is 23.9 Å². The van der Waals surface area contributed by atoms with Crippen molar-refractivity contribution in [2.24, 2.45) is 0 Å². The van der Waals surface area contributed by atoms with Crippen molar-refractivity contribution >= 4 is 23.9 Å². The van der Waals surface area contributed by atoms with E-state index in [2.05, 4.69) is 0 Å². The van der Waals surface area contributed by atoms with Crippen LogP contribution in [0.25, 0.3) is 0 Å². The molecule has 0 radical (unpaired) electrons. The zero-order valence-corrected chi connectivity index (χ0v) is 21.5. The van der Waals surface area contributed by atoms with Gasteiger partial charge in [-0.2, -0.15) is 0 Å². The van der Waals surface area contributed by atoms with Crippen LogP contribution >= 0.6 is 0 Å². The van der Waals surface area contributed by atoms with Gasteiger partial charge in [0.15, 0.2) is 0 Å². The summed E-state index contributed by atoms with van der Waals surface area (Å²) >= 11 is 0. The molecule has 0 aromatic carbocycles. The van der Waals surface area contributed by atoms with Gasteiger partial charge in [-0.05, 0) is 71.6 Å². The van der Waals surface area contributed by atoms with E-state index in [1.807, 2.05) is 6.92 Å². The molecule has 0 bridgehead atoms. The van der Waals surface area contributed by atoms with Crippen molar-refractivity contribution in [3.63, 3.8) is 0 Å². The Labute approximate surface area is 209 Å². The number of carbonyl (C=O) groups is 4. The SMILES string of the molecule is CCCCOC(=O)/C=C/C(=O)OC(C)C.O=C(/C=C/C(=O)OC1CCCCC1)OC1CCCCC1. The molecule has 0 aromatic heterocycles. The molecule has 0 aliphatic heterocycles. The van der Waals surface area contributed by atoms with Crippen molar-refractivity contribution in [2.75, 3.05) is 6.61 Å². The third kappa shape index (κ3) is 16.6. The van der Waals surface area contributed by atoms with Crippen molar-refractivity contribution in [2.45, 2.75) is 116 Å². The first-order valence-electron chi connectivity index (χ1n) is 12.9. The first-order chi connectivity index (χ1) is 16.8. The molecule has 0 spiro atoms. The van der Waals surface area contributed by atoms with Gasteiger partial charge in [0.05, 0.1) is 12.7 Å². The van der Waals surface area contributed by atoms with Crippen molar-refractivity contribution < 1.29 is 38.1 Å². The fraction of sp³-hybridized carbons (Fsp3) is 0.704. The molecular weight excluding hydrogens is 452 g/mol. The summed E-state index contributed by atoms with van der Waals surface area (Å²) in [5.74, 6) is -1.91. The summed E-state index contributed by atoms with van der Waals surface area (Å²) in [4.78, 5) is 45.1. The summed E-state index contributed by atoms with van der Waals surface area (Å²) < 4.78 is 20.2. The summed E-state index contributed by atoms with van der Waals surface area (Å²) in [6.45, 7) is 5.87. The lowest BCUT2D eigenvalue weighted by Gasteiger charge is -2.21. The van der Waals surface area contributed by atoms with Gasteiger partial charge in [0.25, 0.3) is 0 Å². The summed E-state index contributed by atoms with van der Waals surface area (Å²) in [7, 11) is 0. The Kier molecular flexibility index (Phi) is 16.2. The quantitative estimate of drug-likeness (QED) is 0.178. The van der Waals surface area contributed by atoms with Gasteiger partial charge in [0, 0.05) is 24.3 Å². The van der Waals surface area contributed by atoms with Gasteiger partial charge in [-0.25, -0.2) is 19.2 Å². The maximum absolute atomic E-state index is 11.6. The van der Waals surface area contributed by atoms with Crippen molar-refractivity contribution in [1.82, 2.24) is 0 Å². The van der Waals surface area contributed by atoms with E-state index in [-0.39, 0.29) is 18.3 Å². The van der Waals surface area contributed by atoms with E-state index in [1.165, 1.54) is 25.0 Å². The Hall–Kier alpha value is -2.64. The average Bonchev–Trinajstić information content (AvgIpc) is 2.83. The van der Waals surface area contributed by atoms with E-state index in [0.29, 0.717) is 6.61 Å². The van der Waals surface area contributed by atoms with E-state index in [4.69, 9.17) is 18.9 Å². The molecular formula is C27H42O8. The van der Waals surface area contributed by atoms with Crippen LogP contribution < -0.4 is 0 Å². The molecule has 198 valence electrons. The second-order valence-electron chi connectivity index (χ2n) is 9.07. The van der Waals surface area contributed by atoms with E-state index in [9.17, 15) is 19.2 Å². The minimum atomic E-state index is -0.530. The molecule has 8 nitrogen and oxygen atoms in total. The number of carbonyl (C=O) groups excluding carboxylic acids is 4. The lowest BCUT2D eigenvalue weighted by molar-refractivity contribution is -0.147. The molecule has 2 aliphatic rings.